The van der Waals surface area contributed by atoms with Crippen LogP contribution >= 0.6 is 12.8 Å². The summed E-state index contributed by atoms with van der Waals surface area (Å²) in [7, 11) is 1.77. The molecule has 2 aromatic rings. The molecule has 0 amide bonds. The molecule has 7 heteroatoms. The maximum absolute atomic E-state index is 11.2. The van der Waals surface area contributed by atoms with Gasteiger partial charge >= 0.3 is 0 Å². The first-order valence-corrected chi connectivity index (χ1v) is 11.3. The molecule has 2 N–H and O–H groups in total. The topological polar surface area (TPSA) is 54.0 Å². The monoisotopic (exact) mass is 444 g/mol. The van der Waals surface area contributed by atoms with Gasteiger partial charge in [0.25, 0.3) is 0 Å². The van der Waals surface area contributed by atoms with Gasteiger partial charge in [-0.2, -0.15) is 10.6 Å². The Kier molecular flexibility index (Phi) is 6.00. The molecule has 0 saturated carbocycles. The van der Waals surface area contributed by atoms with E-state index >= 15 is 0 Å². The molecule has 31 heavy (non-hydrogen) atoms. The Bertz CT molecular complexity index is 939. The summed E-state index contributed by atoms with van der Waals surface area (Å²) in [6.07, 6.45) is 2.13. The molecule has 1 atom stereocenters. The average Bonchev–Trinajstić information content (AvgIpc) is 3.03. The van der Waals surface area contributed by atoms with E-state index in [0.717, 1.165) is 55.0 Å². The minimum Gasteiger partial charge on any atom is -0.384 e. The molecule has 1 unspecified atom stereocenters. The number of quaternary nitrogens is 1. The van der Waals surface area contributed by atoms with Crippen LogP contribution in [0.5, 0.6) is 0 Å². The fourth-order valence-corrected chi connectivity index (χ4v) is 4.87. The van der Waals surface area contributed by atoms with Crippen LogP contribution in [0.3, 0.4) is 0 Å². The number of nitrogens with one attached hydrogen (secondary N) is 1. The highest BCUT2D eigenvalue weighted by Gasteiger charge is 2.36. The Hall–Kier alpha value is -1.77. The molecule has 2 heterocycles. The number of methoxy groups -OCH3 is 1. The van der Waals surface area contributed by atoms with Gasteiger partial charge in [0, 0.05) is 36.5 Å². The van der Waals surface area contributed by atoms with E-state index in [2.05, 4.69) is 36.1 Å². The van der Waals surface area contributed by atoms with E-state index in [1.54, 1.807) is 7.11 Å². The number of piperidine rings is 1. The Balaban J connectivity index is 1.55. The lowest BCUT2D eigenvalue weighted by atomic mass is 9.81. The first kappa shape index (κ1) is 22.4. The molecule has 2 aliphatic rings. The maximum Gasteiger partial charge on any atom is 0.204 e. The van der Waals surface area contributed by atoms with Crippen molar-refractivity contribution < 1.29 is 14.7 Å². The average molecular weight is 445 g/mol. The van der Waals surface area contributed by atoms with Crippen LogP contribution in [0.2, 0.25) is 0 Å². The van der Waals surface area contributed by atoms with Crippen molar-refractivity contribution in [3.05, 3.63) is 53.6 Å². The van der Waals surface area contributed by atoms with E-state index in [1.807, 2.05) is 50.2 Å². The minimum atomic E-state index is -0.740. The predicted octanol–water partition coefficient (Wildman–Crippen LogP) is 5.27. The summed E-state index contributed by atoms with van der Waals surface area (Å²) >= 11 is 4.56. The summed E-state index contributed by atoms with van der Waals surface area (Å²) in [5.41, 5.74) is 7.83. The van der Waals surface area contributed by atoms with Gasteiger partial charge in [0.15, 0.2) is 0 Å². The Morgan fingerprint density at radius 2 is 1.87 bits per heavy atom. The minimum absolute atomic E-state index is 0.216. The van der Waals surface area contributed by atoms with Crippen LogP contribution in [0, 0.1) is 5.41 Å². The van der Waals surface area contributed by atoms with Gasteiger partial charge in [-0.25, -0.2) is 0 Å². The van der Waals surface area contributed by atoms with Crippen molar-refractivity contribution in [3.8, 4) is 0 Å². The van der Waals surface area contributed by atoms with Crippen molar-refractivity contribution in [2.45, 2.75) is 45.8 Å². The Morgan fingerprint density at radius 1 is 1.16 bits per heavy atom. The summed E-state index contributed by atoms with van der Waals surface area (Å²) < 4.78 is 10.6. The van der Waals surface area contributed by atoms with E-state index in [9.17, 15) is 5.21 Å². The molecule has 0 bridgehead atoms. The molecule has 0 aliphatic carbocycles. The van der Waals surface area contributed by atoms with Gasteiger partial charge in [-0.05, 0) is 55.4 Å². The van der Waals surface area contributed by atoms with Gasteiger partial charge in [-0.15, -0.1) is 0 Å². The van der Waals surface area contributed by atoms with Gasteiger partial charge in [-0.3, -0.25) is 0 Å². The molecule has 4 rings (SSSR count). The van der Waals surface area contributed by atoms with E-state index in [4.69, 9.17) is 9.47 Å². The third-order valence-electron chi connectivity index (χ3n) is 6.68. The summed E-state index contributed by atoms with van der Waals surface area (Å²) in [6, 6.07) is 14.0. The van der Waals surface area contributed by atoms with Crippen molar-refractivity contribution in [1.82, 2.24) is 4.16 Å². The highest BCUT2D eigenvalue weighted by atomic mass is 32.1. The second-order valence-electron chi connectivity index (χ2n) is 9.60. The molecule has 0 radical (unpaired) electrons. The number of benzene rings is 2. The van der Waals surface area contributed by atoms with E-state index in [-0.39, 0.29) is 11.0 Å². The first-order valence-electron chi connectivity index (χ1n) is 10.9. The molecule has 168 valence electrons. The lowest BCUT2D eigenvalue weighted by molar-refractivity contribution is -0.00805. The van der Waals surface area contributed by atoms with Crippen molar-refractivity contribution in [2.75, 3.05) is 37.1 Å². The zero-order valence-electron chi connectivity index (χ0n) is 18.9. The molecule has 1 fully saturated rings. The number of nitrogens with zero attached hydrogens (tertiary/aromatic N) is 2. The van der Waals surface area contributed by atoms with Gasteiger partial charge in [-0.1, -0.05) is 25.1 Å². The zero-order chi connectivity index (χ0) is 22.3. The maximum atomic E-state index is 11.2. The third-order valence-corrected chi connectivity index (χ3v) is 7.01. The molecule has 1 saturated heterocycles. The Labute approximate surface area is 190 Å². The van der Waals surface area contributed by atoms with Gasteiger partial charge < -0.3 is 14.4 Å². The predicted molar refractivity (Wildman–Crippen MR) is 128 cm³/mol. The zero-order valence-corrected chi connectivity index (χ0v) is 19.8. The molecule has 0 aromatic heterocycles. The summed E-state index contributed by atoms with van der Waals surface area (Å²) in [5.74, 6) is 0. The van der Waals surface area contributed by atoms with Crippen molar-refractivity contribution in [3.63, 3.8) is 0 Å². The Morgan fingerprint density at radius 3 is 2.58 bits per heavy atom. The highest BCUT2D eigenvalue weighted by molar-refractivity contribution is 7.79. The summed E-state index contributed by atoms with van der Waals surface area (Å²) in [4.78, 5) is 2.37. The number of hydrogen-bond acceptors (Lipinski definition) is 6. The van der Waals surface area contributed by atoms with Crippen LogP contribution in [-0.4, -0.2) is 32.0 Å². The second kappa shape index (κ2) is 8.30. The van der Waals surface area contributed by atoms with Gasteiger partial charge in [0.2, 0.25) is 5.69 Å². The van der Waals surface area contributed by atoms with Crippen LogP contribution in [-0.2, 0) is 21.7 Å². The summed E-state index contributed by atoms with van der Waals surface area (Å²) in [5, 5.41) is 11.2. The first-order chi connectivity index (χ1) is 14.6. The number of para-hydroxylation sites is 2. The number of ether oxygens (including phenoxy) is 2. The number of fused-ring (bicyclic) bond motifs is 1. The summed E-state index contributed by atoms with van der Waals surface area (Å²) in [6.45, 7) is 9.65. The quantitative estimate of drug-likeness (QED) is 0.322. The lowest BCUT2D eigenvalue weighted by Crippen LogP contribution is -2.44. The molecule has 6 nitrogen and oxygen atoms in total. The van der Waals surface area contributed by atoms with Crippen LogP contribution in [0.1, 0.15) is 44.7 Å². The molecular formula is C24H34N3O3S+. The molecule has 2 aromatic carbocycles. The van der Waals surface area contributed by atoms with E-state index in [0.29, 0.717) is 12.3 Å². The van der Waals surface area contributed by atoms with Gasteiger partial charge in [0.1, 0.15) is 18.5 Å². The second-order valence-corrected chi connectivity index (χ2v) is 10.2. The fraction of sp³-hybridized carbons (Fsp3) is 0.500. The largest absolute Gasteiger partial charge is 0.384 e. The lowest BCUT2D eigenvalue weighted by Gasteiger charge is -2.40. The number of hydrogen-bond donors (Lipinski definition) is 3. The smallest absolute Gasteiger partial charge is 0.204 e. The highest BCUT2D eigenvalue weighted by Crippen LogP contribution is 2.41. The van der Waals surface area contributed by atoms with Gasteiger partial charge in [0.05, 0.1) is 24.5 Å². The fourth-order valence-electron chi connectivity index (χ4n) is 4.64. The number of anilines is 2. The number of rotatable bonds is 6. The molecule has 2 aliphatic heterocycles. The van der Waals surface area contributed by atoms with E-state index < -0.39 is 4.16 Å². The standard InChI is InChI=1S/C24H34N3O3S/c1-23(2)20-15-19(10-9-18(20)16-30-23)27(28,31)25-21-7-5-6-8-22(21)26-13-11-24(3,12-14-26)17-29-4/h5-10,15,25,28,31H,11-14,16-17H2,1-4H3/q+1. The molecule has 0 spiro atoms. The SMILES string of the molecule is COCC1(C)CCN(c2ccccc2N[N+](O)(S)c2ccc3c(c2)C(C)(C)OC3)CC1. The van der Waals surface area contributed by atoms with Crippen LogP contribution in [0.4, 0.5) is 17.1 Å². The van der Waals surface area contributed by atoms with Crippen LogP contribution in [0.15, 0.2) is 42.5 Å². The van der Waals surface area contributed by atoms with Crippen LogP contribution < -0.4 is 14.5 Å². The molecular weight excluding hydrogens is 410 g/mol. The number of thiol groups is 1. The van der Waals surface area contributed by atoms with Crippen molar-refractivity contribution in [2.24, 2.45) is 5.41 Å². The van der Waals surface area contributed by atoms with Crippen molar-refractivity contribution >= 4 is 29.9 Å². The normalized spacial score (nSPS) is 21.4. The third kappa shape index (κ3) is 4.56. The van der Waals surface area contributed by atoms with Crippen molar-refractivity contribution in [1.29, 1.82) is 0 Å². The van der Waals surface area contributed by atoms with Crippen LogP contribution in [0.25, 0.3) is 0 Å². The van der Waals surface area contributed by atoms with E-state index in [1.165, 1.54) is 0 Å².